The number of alkyl halides is 1. The lowest BCUT2D eigenvalue weighted by Gasteiger charge is -2.09. The van der Waals surface area contributed by atoms with Crippen molar-refractivity contribution in [3.8, 4) is 0 Å². The summed E-state index contributed by atoms with van der Waals surface area (Å²) >= 11 is 5.57. The van der Waals surface area contributed by atoms with E-state index in [1.165, 1.54) is 12.8 Å². The van der Waals surface area contributed by atoms with Crippen molar-refractivity contribution in [2.75, 3.05) is 25.6 Å². The Morgan fingerprint density at radius 1 is 1.60 bits per heavy atom. The quantitative estimate of drug-likeness (QED) is 0.513. The zero-order valence-electron chi connectivity index (χ0n) is 9.30. The number of carbonyl (C=O) groups excluding carboxylic acids is 1. The number of ether oxygens (including phenoxy) is 1. The van der Waals surface area contributed by atoms with Gasteiger partial charge in [0.2, 0.25) is 5.91 Å². The van der Waals surface area contributed by atoms with Gasteiger partial charge in [0.25, 0.3) is 0 Å². The Morgan fingerprint density at radius 3 is 2.93 bits per heavy atom. The molecule has 1 amide bonds. The summed E-state index contributed by atoms with van der Waals surface area (Å²) in [6, 6.07) is 0. The predicted octanol–water partition coefficient (Wildman–Crippen LogP) is 1.79. The summed E-state index contributed by atoms with van der Waals surface area (Å²) in [5.41, 5.74) is 0. The Balaban J connectivity index is 1.84. The zero-order valence-corrected chi connectivity index (χ0v) is 10.1. The van der Waals surface area contributed by atoms with E-state index in [0.29, 0.717) is 12.4 Å². The molecular formula is C11H20ClNO2. The van der Waals surface area contributed by atoms with Gasteiger partial charge < -0.3 is 10.1 Å². The van der Waals surface area contributed by atoms with Crippen molar-refractivity contribution >= 4 is 17.5 Å². The molecule has 15 heavy (non-hydrogen) atoms. The van der Waals surface area contributed by atoms with Crippen molar-refractivity contribution in [2.45, 2.75) is 26.2 Å². The van der Waals surface area contributed by atoms with Gasteiger partial charge in [-0.05, 0) is 25.2 Å². The van der Waals surface area contributed by atoms with Gasteiger partial charge >= 0.3 is 0 Å². The van der Waals surface area contributed by atoms with Crippen LogP contribution in [0.1, 0.15) is 26.2 Å². The molecule has 0 saturated heterocycles. The fraction of sp³-hybridized carbons (Fsp3) is 0.909. The minimum absolute atomic E-state index is 0.0344. The number of amides is 1. The van der Waals surface area contributed by atoms with Crippen LogP contribution in [0.25, 0.3) is 0 Å². The normalized spacial score (nSPS) is 17.5. The molecule has 1 fully saturated rings. The molecule has 0 bridgehead atoms. The van der Waals surface area contributed by atoms with Gasteiger partial charge in [0, 0.05) is 31.6 Å². The van der Waals surface area contributed by atoms with E-state index in [4.69, 9.17) is 16.3 Å². The molecule has 0 radical (unpaired) electrons. The summed E-state index contributed by atoms with van der Waals surface area (Å²) in [7, 11) is 0. The van der Waals surface area contributed by atoms with Crippen molar-refractivity contribution in [1.82, 2.24) is 5.32 Å². The number of carbonyl (C=O) groups is 1. The van der Waals surface area contributed by atoms with Crippen LogP contribution in [0, 0.1) is 11.8 Å². The minimum Gasteiger partial charge on any atom is -0.381 e. The molecule has 88 valence electrons. The van der Waals surface area contributed by atoms with Crippen LogP contribution in [0.3, 0.4) is 0 Å². The molecule has 3 nitrogen and oxygen atoms in total. The Morgan fingerprint density at radius 2 is 2.33 bits per heavy atom. The molecule has 1 rings (SSSR count). The van der Waals surface area contributed by atoms with Crippen LogP contribution in [0.15, 0.2) is 0 Å². The van der Waals surface area contributed by atoms with E-state index in [2.05, 4.69) is 5.32 Å². The van der Waals surface area contributed by atoms with Crippen LogP contribution in [-0.2, 0) is 9.53 Å². The standard InChI is InChI=1S/C11H20ClNO2/c1-9(7-12)11(14)13-5-2-6-15-8-10-3-4-10/h9-10H,2-8H2,1H3,(H,13,14). The summed E-state index contributed by atoms with van der Waals surface area (Å²) in [5.74, 6) is 1.13. The summed E-state index contributed by atoms with van der Waals surface area (Å²) in [6.07, 6.45) is 3.53. The molecule has 1 aliphatic rings. The average molecular weight is 234 g/mol. The number of hydrogen-bond donors (Lipinski definition) is 1. The minimum atomic E-state index is -0.0981. The maximum absolute atomic E-state index is 11.3. The highest BCUT2D eigenvalue weighted by Crippen LogP contribution is 2.28. The smallest absolute Gasteiger partial charge is 0.224 e. The van der Waals surface area contributed by atoms with Crippen LogP contribution in [-0.4, -0.2) is 31.5 Å². The highest BCUT2D eigenvalue weighted by Gasteiger charge is 2.20. The molecule has 0 heterocycles. The SMILES string of the molecule is CC(CCl)C(=O)NCCCOCC1CC1. The van der Waals surface area contributed by atoms with E-state index >= 15 is 0 Å². The first kappa shape index (κ1) is 12.8. The van der Waals surface area contributed by atoms with E-state index in [0.717, 1.165) is 25.6 Å². The third-order valence-electron chi connectivity index (χ3n) is 2.49. The van der Waals surface area contributed by atoms with Gasteiger partial charge in [0.05, 0.1) is 0 Å². The van der Waals surface area contributed by atoms with Crippen LogP contribution >= 0.6 is 11.6 Å². The highest BCUT2D eigenvalue weighted by molar-refractivity contribution is 6.19. The lowest BCUT2D eigenvalue weighted by molar-refractivity contribution is -0.123. The molecule has 0 aliphatic heterocycles. The van der Waals surface area contributed by atoms with E-state index < -0.39 is 0 Å². The Labute approximate surface area is 96.5 Å². The third kappa shape index (κ3) is 6.00. The fourth-order valence-corrected chi connectivity index (χ4v) is 1.30. The van der Waals surface area contributed by atoms with Crippen molar-refractivity contribution in [2.24, 2.45) is 11.8 Å². The van der Waals surface area contributed by atoms with Crippen molar-refractivity contribution in [3.05, 3.63) is 0 Å². The fourth-order valence-electron chi connectivity index (χ4n) is 1.16. The number of nitrogens with one attached hydrogen (secondary N) is 1. The monoisotopic (exact) mass is 233 g/mol. The molecule has 0 spiro atoms. The molecule has 4 heteroatoms. The average Bonchev–Trinajstić information content (AvgIpc) is 3.05. The molecule has 0 aromatic heterocycles. The first-order valence-electron chi connectivity index (χ1n) is 5.65. The summed E-state index contributed by atoms with van der Waals surface area (Å²) in [5, 5.41) is 2.83. The van der Waals surface area contributed by atoms with E-state index in [-0.39, 0.29) is 11.8 Å². The van der Waals surface area contributed by atoms with Crippen molar-refractivity contribution in [3.63, 3.8) is 0 Å². The predicted molar refractivity (Wildman–Crippen MR) is 61.1 cm³/mol. The van der Waals surface area contributed by atoms with Gasteiger partial charge in [-0.2, -0.15) is 0 Å². The second-order valence-corrected chi connectivity index (χ2v) is 4.53. The Kier molecular flexibility index (Phi) is 6.03. The summed E-state index contributed by atoms with van der Waals surface area (Å²) < 4.78 is 5.45. The molecule has 1 atom stereocenters. The maximum Gasteiger partial charge on any atom is 0.224 e. The van der Waals surface area contributed by atoms with Gasteiger partial charge in [-0.1, -0.05) is 6.92 Å². The first-order chi connectivity index (χ1) is 7.24. The zero-order chi connectivity index (χ0) is 11.1. The number of hydrogen-bond acceptors (Lipinski definition) is 2. The van der Waals surface area contributed by atoms with Gasteiger partial charge in [0.15, 0.2) is 0 Å². The van der Waals surface area contributed by atoms with Crippen LogP contribution in [0.4, 0.5) is 0 Å². The maximum atomic E-state index is 11.3. The van der Waals surface area contributed by atoms with Gasteiger partial charge in [0.1, 0.15) is 0 Å². The van der Waals surface area contributed by atoms with Gasteiger partial charge in [-0.15, -0.1) is 11.6 Å². The Hall–Kier alpha value is -0.280. The molecule has 0 aromatic rings. The van der Waals surface area contributed by atoms with E-state index in [9.17, 15) is 4.79 Å². The third-order valence-corrected chi connectivity index (χ3v) is 2.96. The molecule has 1 N–H and O–H groups in total. The topological polar surface area (TPSA) is 38.3 Å². The molecule has 1 aliphatic carbocycles. The molecule has 1 saturated carbocycles. The molecule has 1 unspecified atom stereocenters. The van der Waals surface area contributed by atoms with E-state index in [1.807, 2.05) is 6.92 Å². The van der Waals surface area contributed by atoms with Gasteiger partial charge in [-0.3, -0.25) is 4.79 Å². The largest absolute Gasteiger partial charge is 0.381 e. The van der Waals surface area contributed by atoms with Crippen LogP contribution < -0.4 is 5.32 Å². The number of rotatable bonds is 8. The van der Waals surface area contributed by atoms with Crippen LogP contribution in [0.2, 0.25) is 0 Å². The second-order valence-electron chi connectivity index (χ2n) is 4.22. The number of halogens is 1. The van der Waals surface area contributed by atoms with Crippen molar-refractivity contribution in [1.29, 1.82) is 0 Å². The molecule has 0 aromatic carbocycles. The highest BCUT2D eigenvalue weighted by atomic mass is 35.5. The Bertz CT molecular complexity index is 195. The lowest BCUT2D eigenvalue weighted by Crippen LogP contribution is -2.31. The van der Waals surface area contributed by atoms with Gasteiger partial charge in [-0.25, -0.2) is 0 Å². The summed E-state index contributed by atoms with van der Waals surface area (Å²) in [6.45, 7) is 4.15. The van der Waals surface area contributed by atoms with Crippen molar-refractivity contribution < 1.29 is 9.53 Å². The van der Waals surface area contributed by atoms with E-state index in [1.54, 1.807) is 0 Å². The van der Waals surface area contributed by atoms with Crippen LogP contribution in [0.5, 0.6) is 0 Å². The first-order valence-corrected chi connectivity index (χ1v) is 6.19. The molecular weight excluding hydrogens is 214 g/mol. The lowest BCUT2D eigenvalue weighted by atomic mass is 10.2. The summed E-state index contributed by atoms with van der Waals surface area (Å²) in [4.78, 5) is 11.3. The second kappa shape index (κ2) is 7.07.